The maximum atomic E-state index is 11.6. The zero-order valence-corrected chi connectivity index (χ0v) is 23.0. The standard InChI is InChI=1S/C29H39ClO8/c1-16(2)37-11-12-38-20-8-5-17(6-9-20)13-18-14-19(7-10-21(18)30)29-22(31)15-28(26(29)35,27(3,4)36)24(33)23(32)25(29)34/h5-10,14,16,22-26,31-36H,11-13,15H2,1-4H3/t22?,23-,24-,25+,26?,28-,29-/m1/s1. The summed E-state index contributed by atoms with van der Waals surface area (Å²) in [5.74, 6) is 0.706. The number of halogens is 1. The van der Waals surface area contributed by atoms with Gasteiger partial charge in [0, 0.05) is 5.02 Å². The third-order valence-corrected chi connectivity index (χ3v) is 8.86. The fraction of sp³-hybridized carbons (Fsp3) is 0.586. The van der Waals surface area contributed by atoms with E-state index < -0.39 is 47.0 Å². The van der Waals surface area contributed by atoms with Crippen molar-refractivity contribution in [1.29, 1.82) is 0 Å². The quantitative estimate of drug-likeness (QED) is 0.260. The van der Waals surface area contributed by atoms with Gasteiger partial charge in [-0.15, -0.1) is 0 Å². The van der Waals surface area contributed by atoms with Gasteiger partial charge in [0.15, 0.2) is 0 Å². The van der Waals surface area contributed by atoms with Gasteiger partial charge in [-0.1, -0.05) is 35.9 Å². The number of ether oxygens (including phenoxy) is 2. The molecule has 2 fully saturated rings. The molecule has 0 saturated heterocycles. The van der Waals surface area contributed by atoms with Crippen molar-refractivity contribution < 1.29 is 40.1 Å². The molecule has 4 rings (SSSR count). The van der Waals surface area contributed by atoms with Crippen LogP contribution in [-0.2, 0) is 16.6 Å². The van der Waals surface area contributed by atoms with Crippen molar-refractivity contribution in [2.75, 3.05) is 13.2 Å². The second kappa shape index (κ2) is 10.7. The normalized spacial score (nSPS) is 33.1. The van der Waals surface area contributed by atoms with E-state index in [4.69, 9.17) is 21.1 Å². The molecule has 2 saturated carbocycles. The van der Waals surface area contributed by atoms with Crippen LogP contribution in [0.15, 0.2) is 42.5 Å². The number of hydrogen-bond donors (Lipinski definition) is 6. The van der Waals surface area contributed by atoms with Gasteiger partial charge in [0.05, 0.1) is 53.6 Å². The fourth-order valence-corrected chi connectivity index (χ4v) is 6.61. The molecule has 0 radical (unpaired) electrons. The highest BCUT2D eigenvalue weighted by atomic mass is 35.5. The summed E-state index contributed by atoms with van der Waals surface area (Å²) < 4.78 is 11.2. The highest BCUT2D eigenvalue weighted by Gasteiger charge is 2.77. The molecule has 0 heterocycles. The molecule has 2 bridgehead atoms. The molecule has 0 aliphatic heterocycles. The molecular formula is C29H39ClO8. The summed E-state index contributed by atoms with van der Waals surface area (Å²) in [5.41, 5.74) is -3.09. The Morgan fingerprint density at radius 3 is 2.24 bits per heavy atom. The van der Waals surface area contributed by atoms with Crippen molar-refractivity contribution in [1.82, 2.24) is 0 Å². The van der Waals surface area contributed by atoms with Gasteiger partial charge in [0.2, 0.25) is 0 Å². The van der Waals surface area contributed by atoms with E-state index in [0.717, 1.165) is 5.56 Å². The molecule has 2 unspecified atom stereocenters. The fourth-order valence-electron chi connectivity index (χ4n) is 6.42. The second-order valence-corrected chi connectivity index (χ2v) is 11.8. The number of aliphatic hydroxyl groups is 6. The van der Waals surface area contributed by atoms with Crippen LogP contribution < -0.4 is 4.74 Å². The topological polar surface area (TPSA) is 140 Å². The first-order chi connectivity index (χ1) is 17.8. The first kappa shape index (κ1) is 29.2. The summed E-state index contributed by atoms with van der Waals surface area (Å²) in [5, 5.41) is 67.3. The van der Waals surface area contributed by atoms with Crippen molar-refractivity contribution in [2.45, 2.75) is 88.2 Å². The summed E-state index contributed by atoms with van der Waals surface area (Å²) in [6.07, 6.45) is -7.59. The van der Waals surface area contributed by atoms with Crippen LogP contribution >= 0.6 is 11.6 Å². The molecule has 0 spiro atoms. The Labute approximate surface area is 228 Å². The predicted molar refractivity (Wildman–Crippen MR) is 142 cm³/mol. The molecule has 7 atom stereocenters. The van der Waals surface area contributed by atoms with Crippen molar-refractivity contribution in [3.8, 4) is 5.75 Å². The molecule has 0 aromatic heterocycles. The van der Waals surface area contributed by atoms with Gasteiger partial charge < -0.3 is 40.1 Å². The minimum atomic E-state index is -1.74. The van der Waals surface area contributed by atoms with E-state index in [0.29, 0.717) is 41.5 Å². The molecule has 38 heavy (non-hydrogen) atoms. The van der Waals surface area contributed by atoms with E-state index in [2.05, 4.69) is 0 Å². The SMILES string of the molecule is CC(C)OCCOc1ccc(Cc2cc([C@]34C(O)C[C@](C(C)(C)O)(C3O)[C@H](O)[C@@H](O)[C@@H]4O)ccc2Cl)cc1. The summed E-state index contributed by atoms with van der Waals surface area (Å²) in [6.45, 7) is 7.70. The first-order valence-electron chi connectivity index (χ1n) is 13.0. The molecule has 2 aliphatic rings. The van der Waals surface area contributed by atoms with Gasteiger partial charge in [0.25, 0.3) is 0 Å². The predicted octanol–water partition coefficient (Wildman–Crippen LogP) is 1.95. The lowest BCUT2D eigenvalue weighted by Crippen LogP contribution is -2.72. The Morgan fingerprint density at radius 1 is 0.974 bits per heavy atom. The average molecular weight is 551 g/mol. The van der Waals surface area contributed by atoms with Crippen LogP contribution in [0, 0.1) is 5.41 Å². The number of rotatable bonds is 9. The third kappa shape index (κ3) is 4.65. The maximum Gasteiger partial charge on any atom is 0.119 e. The summed E-state index contributed by atoms with van der Waals surface area (Å²) in [6, 6.07) is 12.5. The van der Waals surface area contributed by atoms with E-state index in [1.165, 1.54) is 13.8 Å². The van der Waals surface area contributed by atoms with E-state index in [-0.39, 0.29) is 12.5 Å². The second-order valence-electron chi connectivity index (χ2n) is 11.4. The molecule has 6 N–H and O–H groups in total. The Morgan fingerprint density at radius 2 is 1.63 bits per heavy atom. The van der Waals surface area contributed by atoms with Gasteiger partial charge in [-0.2, -0.15) is 0 Å². The van der Waals surface area contributed by atoms with Crippen LogP contribution in [0.1, 0.15) is 50.8 Å². The van der Waals surface area contributed by atoms with Gasteiger partial charge >= 0.3 is 0 Å². The smallest absolute Gasteiger partial charge is 0.119 e. The Balaban J connectivity index is 1.63. The Hall–Kier alpha value is -1.75. The van der Waals surface area contributed by atoms with Gasteiger partial charge in [-0.3, -0.25) is 0 Å². The number of aliphatic hydroxyl groups excluding tert-OH is 5. The summed E-state index contributed by atoms with van der Waals surface area (Å²) >= 11 is 6.53. The Bertz CT molecular complexity index is 1120. The highest BCUT2D eigenvalue weighted by Crippen LogP contribution is 2.63. The van der Waals surface area contributed by atoms with Crippen LogP contribution in [0.25, 0.3) is 0 Å². The maximum absolute atomic E-state index is 11.6. The highest BCUT2D eigenvalue weighted by molar-refractivity contribution is 6.31. The molecule has 0 amide bonds. The van der Waals surface area contributed by atoms with Crippen molar-refractivity contribution in [3.63, 3.8) is 0 Å². The van der Waals surface area contributed by atoms with Crippen LogP contribution in [0.5, 0.6) is 5.75 Å². The number of fused-ring (bicyclic) bond motifs is 2. The Kier molecular flexibility index (Phi) is 8.21. The summed E-state index contributed by atoms with van der Waals surface area (Å²) in [4.78, 5) is 0. The lowest BCUT2D eigenvalue weighted by Gasteiger charge is -2.56. The molecule has 2 aliphatic carbocycles. The first-order valence-corrected chi connectivity index (χ1v) is 13.4. The molecule has 210 valence electrons. The lowest BCUT2D eigenvalue weighted by molar-refractivity contribution is -0.254. The summed E-state index contributed by atoms with van der Waals surface area (Å²) in [7, 11) is 0. The largest absolute Gasteiger partial charge is 0.491 e. The van der Waals surface area contributed by atoms with E-state index >= 15 is 0 Å². The van der Waals surface area contributed by atoms with E-state index in [1.54, 1.807) is 18.2 Å². The minimum Gasteiger partial charge on any atom is -0.491 e. The zero-order chi connectivity index (χ0) is 28.0. The van der Waals surface area contributed by atoms with Crippen molar-refractivity contribution in [2.24, 2.45) is 5.41 Å². The van der Waals surface area contributed by atoms with Crippen molar-refractivity contribution >= 4 is 11.6 Å². The number of benzene rings is 2. The van der Waals surface area contributed by atoms with Crippen LogP contribution in [0.2, 0.25) is 5.02 Å². The van der Waals surface area contributed by atoms with E-state index in [1.807, 2.05) is 38.1 Å². The minimum absolute atomic E-state index is 0.141. The van der Waals surface area contributed by atoms with Crippen molar-refractivity contribution in [3.05, 3.63) is 64.2 Å². The molecule has 2 aromatic rings. The molecular weight excluding hydrogens is 512 g/mol. The van der Waals surface area contributed by atoms with Gasteiger partial charge in [-0.25, -0.2) is 0 Å². The average Bonchev–Trinajstić information content (AvgIpc) is 3.07. The number of hydrogen-bond acceptors (Lipinski definition) is 8. The van der Waals surface area contributed by atoms with Crippen LogP contribution in [0.3, 0.4) is 0 Å². The third-order valence-electron chi connectivity index (χ3n) is 8.49. The van der Waals surface area contributed by atoms with Crippen LogP contribution in [-0.4, -0.2) is 86.1 Å². The molecule has 2 aromatic carbocycles. The van der Waals surface area contributed by atoms with Gasteiger partial charge in [-0.05, 0) is 75.4 Å². The lowest BCUT2D eigenvalue weighted by atomic mass is 9.55. The zero-order valence-electron chi connectivity index (χ0n) is 22.2. The van der Waals surface area contributed by atoms with E-state index in [9.17, 15) is 30.6 Å². The molecule has 9 heteroatoms. The van der Waals surface area contributed by atoms with Crippen LogP contribution in [0.4, 0.5) is 0 Å². The monoisotopic (exact) mass is 550 g/mol. The molecule has 8 nitrogen and oxygen atoms in total. The van der Waals surface area contributed by atoms with Gasteiger partial charge in [0.1, 0.15) is 18.5 Å².